The molecule has 0 spiro atoms. The molecule has 0 bridgehead atoms. The largest absolute Gasteiger partial charge is 0.327 e. The Morgan fingerprint density at radius 2 is 2.11 bits per heavy atom. The van der Waals surface area contributed by atoms with Crippen molar-refractivity contribution in [2.24, 2.45) is 11.7 Å². The summed E-state index contributed by atoms with van der Waals surface area (Å²) in [5, 5.41) is 0. The van der Waals surface area contributed by atoms with Gasteiger partial charge in [0, 0.05) is 23.6 Å². The van der Waals surface area contributed by atoms with Crippen LogP contribution in [0.4, 0.5) is 0 Å². The number of sulfonamides is 1. The summed E-state index contributed by atoms with van der Waals surface area (Å²) in [6.45, 7) is 4.91. The summed E-state index contributed by atoms with van der Waals surface area (Å²) in [5.74, 6) is 0.188. The van der Waals surface area contributed by atoms with Crippen LogP contribution >= 0.6 is 15.9 Å². The summed E-state index contributed by atoms with van der Waals surface area (Å²) >= 11 is 3.35. The SMILES string of the molecule is Cc1ccc(S(=O)(=O)N2CCC(N)C(C)C2)c(Br)c1. The first kappa shape index (κ1) is 15.0. The van der Waals surface area contributed by atoms with Crippen molar-refractivity contribution >= 4 is 26.0 Å². The van der Waals surface area contributed by atoms with Gasteiger partial charge in [0.1, 0.15) is 0 Å². The highest BCUT2D eigenvalue weighted by Crippen LogP contribution is 2.28. The summed E-state index contributed by atoms with van der Waals surface area (Å²) in [6, 6.07) is 5.39. The normalized spacial score (nSPS) is 25.5. The summed E-state index contributed by atoms with van der Waals surface area (Å²) in [5.41, 5.74) is 6.97. The van der Waals surface area contributed by atoms with E-state index in [0.717, 1.165) is 5.56 Å². The van der Waals surface area contributed by atoms with Gasteiger partial charge in [-0.1, -0.05) is 13.0 Å². The number of nitrogens with two attached hydrogens (primary N) is 1. The lowest BCUT2D eigenvalue weighted by Crippen LogP contribution is -2.48. The number of piperidine rings is 1. The fourth-order valence-corrected chi connectivity index (χ4v) is 5.01. The van der Waals surface area contributed by atoms with Crippen LogP contribution in [-0.4, -0.2) is 31.9 Å². The Bertz CT molecular complexity index is 574. The van der Waals surface area contributed by atoms with Gasteiger partial charge in [0.2, 0.25) is 10.0 Å². The standard InChI is InChI=1S/C13H19BrN2O2S/c1-9-3-4-13(11(14)7-9)19(17,18)16-6-5-12(15)10(2)8-16/h3-4,7,10,12H,5-6,8,15H2,1-2H3. The quantitative estimate of drug-likeness (QED) is 0.891. The molecule has 2 atom stereocenters. The molecule has 0 saturated carbocycles. The van der Waals surface area contributed by atoms with Gasteiger partial charge >= 0.3 is 0 Å². The van der Waals surface area contributed by atoms with Gasteiger partial charge in [0.05, 0.1) is 4.90 Å². The second kappa shape index (κ2) is 5.52. The van der Waals surface area contributed by atoms with Crippen molar-refractivity contribution in [2.45, 2.75) is 31.2 Å². The van der Waals surface area contributed by atoms with Crippen LogP contribution in [0.15, 0.2) is 27.6 Å². The minimum Gasteiger partial charge on any atom is -0.327 e. The van der Waals surface area contributed by atoms with Gasteiger partial charge < -0.3 is 5.73 Å². The van der Waals surface area contributed by atoms with Crippen LogP contribution in [0.2, 0.25) is 0 Å². The molecule has 0 aromatic heterocycles. The molecule has 6 heteroatoms. The number of nitrogens with zero attached hydrogens (tertiary/aromatic N) is 1. The van der Waals surface area contributed by atoms with Crippen molar-refractivity contribution in [2.75, 3.05) is 13.1 Å². The Labute approximate surface area is 123 Å². The molecule has 106 valence electrons. The molecule has 4 nitrogen and oxygen atoms in total. The van der Waals surface area contributed by atoms with Gasteiger partial charge in [0.15, 0.2) is 0 Å². The number of hydrogen-bond acceptors (Lipinski definition) is 3. The third-order valence-corrected chi connectivity index (χ3v) is 6.48. The number of rotatable bonds is 2. The molecular weight excluding hydrogens is 328 g/mol. The van der Waals surface area contributed by atoms with Gasteiger partial charge in [-0.15, -0.1) is 0 Å². The predicted molar refractivity (Wildman–Crippen MR) is 79.4 cm³/mol. The molecule has 0 radical (unpaired) electrons. The van der Waals surface area contributed by atoms with Gasteiger partial charge in [0.25, 0.3) is 0 Å². The van der Waals surface area contributed by atoms with Gasteiger partial charge in [-0.2, -0.15) is 4.31 Å². The van der Waals surface area contributed by atoms with Crippen LogP contribution in [0.1, 0.15) is 18.9 Å². The summed E-state index contributed by atoms with van der Waals surface area (Å²) in [4.78, 5) is 0.334. The number of hydrogen-bond donors (Lipinski definition) is 1. The maximum absolute atomic E-state index is 12.6. The predicted octanol–water partition coefficient (Wildman–Crippen LogP) is 2.12. The number of benzene rings is 1. The molecule has 1 aromatic carbocycles. The van der Waals surface area contributed by atoms with Crippen LogP contribution in [0.3, 0.4) is 0 Å². The van der Waals surface area contributed by atoms with E-state index in [9.17, 15) is 8.42 Å². The molecule has 2 unspecified atom stereocenters. The van der Waals surface area contributed by atoms with E-state index in [1.165, 1.54) is 4.31 Å². The topological polar surface area (TPSA) is 63.4 Å². The van der Waals surface area contributed by atoms with E-state index in [1.54, 1.807) is 6.07 Å². The van der Waals surface area contributed by atoms with Crippen molar-refractivity contribution in [3.05, 3.63) is 28.2 Å². The summed E-state index contributed by atoms with van der Waals surface area (Å²) < 4.78 is 27.4. The second-order valence-corrected chi connectivity index (χ2v) is 7.99. The van der Waals surface area contributed by atoms with Crippen LogP contribution < -0.4 is 5.73 Å². The van der Waals surface area contributed by atoms with Gasteiger partial charge in [-0.05, 0) is 52.9 Å². The van der Waals surface area contributed by atoms with E-state index < -0.39 is 10.0 Å². The van der Waals surface area contributed by atoms with E-state index in [4.69, 9.17) is 5.73 Å². The lowest BCUT2D eigenvalue weighted by molar-refractivity contribution is 0.250. The van der Waals surface area contributed by atoms with E-state index in [-0.39, 0.29) is 12.0 Å². The summed E-state index contributed by atoms with van der Waals surface area (Å²) in [7, 11) is -3.43. The van der Waals surface area contributed by atoms with Crippen LogP contribution in [0.25, 0.3) is 0 Å². The van der Waals surface area contributed by atoms with Gasteiger partial charge in [-0.3, -0.25) is 0 Å². The van der Waals surface area contributed by atoms with E-state index in [1.807, 2.05) is 26.0 Å². The Kier molecular flexibility index (Phi) is 4.35. The molecular formula is C13H19BrN2O2S. The molecule has 1 saturated heterocycles. The molecule has 1 fully saturated rings. The highest BCUT2D eigenvalue weighted by atomic mass is 79.9. The Hall–Kier alpha value is -0.430. The molecule has 2 rings (SSSR count). The number of halogens is 1. The Morgan fingerprint density at radius 1 is 1.42 bits per heavy atom. The first-order valence-electron chi connectivity index (χ1n) is 6.34. The molecule has 0 aliphatic carbocycles. The van der Waals surface area contributed by atoms with Crippen molar-refractivity contribution in [3.63, 3.8) is 0 Å². The van der Waals surface area contributed by atoms with Gasteiger partial charge in [-0.25, -0.2) is 8.42 Å². The average molecular weight is 347 g/mol. The molecule has 0 amide bonds. The van der Waals surface area contributed by atoms with Crippen molar-refractivity contribution in [3.8, 4) is 0 Å². The minimum atomic E-state index is -3.43. The zero-order chi connectivity index (χ0) is 14.2. The highest BCUT2D eigenvalue weighted by Gasteiger charge is 2.32. The monoisotopic (exact) mass is 346 g/mol. The Balaban J connectivity index is 2.32. The third-order valence-electron chi connectivity index (χ3n) is 3.64. The first-order chi connectivity index (χ1) is 8.82. The lowest BCUT2D eigenvalue weighted by atomic mass is 9.96. The van der Waals surface area contributed by atoms with Crippen LogP contribution in [-0.2, 0) is 10.0 Å². The average Bonchev–Trinajstić information content (AvgIpc) is 2.32. The van der Waals surface area contributed by atoms with E-state index in [0.29, 0.717) is 28.9 Å². The van der Waals surface area contributed by atoms with Crippen molar-refractivity contribution in [1.29, 1.82) is 0 Å². The van der Waals surface area contributed by atoms with E-state index >= 15 is 0 Å². The fourth-order valence-electron chi connectivity index (χ4n) is 2.30. The first-order valence-corrected chi connectivity index (χ1v) is 8.57. The zero-order valence-corrected chi connectivity index (χ0v) is 13.5. The molecule has 19 heavy (non-hydrogen) atoms. The van der Waals surface area contributed by atoms with Crippen molar-refractivity contribution in [1.82, 2.24) is 4.31 Å². The third kappa shape index (κ3) is 3.02. The minimum absolute atomic E-state index is 0.0907. The van der Waals surface area contributed by atoms with Crippen LogP contribution in [0, 0.1) is 12.8 Å². The Morgan fingerprint density at radius 3 is 2.68 bits per heavy atom. The lowest BCUT2D eigenvalue weighted by Gasteiger charge is -2.34. The molecule has 2 N–H and O–H groups in total. The zero-order valence-electron chi connectivity index (χ0n) is 11.1. The smallest absolute Gasteiger partial charge is 0.244 e. The summed E-state index contributed by atoms with van der Waals surface area (Å²) in [6.07, 6.45) is 0.712. The molecule has 1 aliphatic rings. The maximum Gasteiger partial charge on any atom is 0.244 e. The number of aryl methyl sites for hydroxylation is 1. The second-order valence-electron chi connectivity index (χ2n) is 5.23. The maximum atomic E-state index is 12.6. The van der Waals surface area contributed by atoms with Crippen LogP contribution in [0.5, 0.6) is 0 Å². The fraction of sp³-hybridized carbons (Fsp3) is 0.538. The van der Waals surface area contributed by atoms with Crippen molar-refractivity contribution < 1.29 is 8.42 Å². The molecule has 1 aliphatic heterocycles. The molecule has 1 aromatic rings. The highest BCUT2D eigenvalue weighted by molar-refractivity contribution is 9.10. The molecule has 1 heterocycles. The van der Waals surface area contributed by atoms with E-state index in [2.05, 4.69) is 15.9 Å².